The second kappa shape index (κ2) is 39.3. The van der Waals surface area contributed by atoms with E-state index in [1.807, 2.05) is 33.2 Å². The van der Waals surface area contributed by atoms with Gasteiger partial charge in [-0.25, -0.2) is 0 Å². The summed E-state index contributed by atoms with van der Waals surface area (Å²) in [6.07, 6.45) is -60.7. The van der Waals surface area contributed by atoms with Crippen LogP contribution in [-0.4, -0.2) is 215 Å². The summed E-state index contributed by atoms with van der Waals surface area (Å²) in [5, 5.41) is 101. The maximum Gasteiger partial charge on any atom is 1.00 e. The second-order valence-electron chi connectivity index (χ2n) is 22.6. The number of allylic oxidation sites excluding steroid dienone is 1. The van der Waals surface area contributed by atoms with Crippen LogP contribution in [0.3, 0.4) is 0 Å². The molecule has 2 aliphatic heterocycles. The fraction of sp³-hybridized carbons (Fsp3) is 0.938. The first-order chi connectivity index (χ1) is 39.2. The molecule has 0 radical (unpaired) electrons. The van der Waals surface area contributed by atoms with Crippen molar-refractivity contribution in [2.24, 2.45) is 22.7 Å². The van der Waals surface area contributed by atoms with E-state index in [4.69, 9.17) is 40.9 Å². The number of aliphatic imine (C=N–C) groups is 1. The van der Waals surface area contributed by atoms with E-state index in [0.717, 1.165) is 70.1 Å². The van der Waals surface area contributed by atoms with Crippen molar-refractivity contribution in [2.75, 3.05) is 26.4 Å². The number of hydrogen-bond donors (Lipinski definition) is 11. The van der Waals surface area contributed by atoms with Crippen molar-refractivity contribution in [3.05, 3.63) is 22.4 Å². The first-order valence-corrected chi connectivity index (χ1v) is 26.3. The van der Waals surface area contributed by atoms with E-state index in [1.54, 1.807) is 5.06 Å². The molecule has 0 amide bonds. The van der Waals surface area contributed by atoms with Gasteiger partial charge in [0, 0.05) is 55.1 Å². The fourth-order valence-corrected chi connectivity index (χ4v) is 8.01. The van der Waals surface area contributed by atoms with E-state index >= 15 is 0 Å². The fourth-order valence-electron chi connectivity index (χ4n) is 8.01. The molecule has 90 heavy (non-hydrogen) atoms. The van der Waals surface area contributed by atoms with E-state index in [-0.39, 0.29) is 45.2 Å². The molecule has 0 bridgehead atoms. The van der Waals surface area contributed by atoms with Gasteiger partial charge in [0.15, 0.2) is 48.8 Å². The van der Waals surface area contributed by atoms with Crippen LogP contribution in [0.5, 0.6) is 0 Å². The standard InChI is InChI=1S/C14H28N3O.C14H24N3O.4C5H6F6O2.2Cu/c2*1-14(2,3)17(18)13-6-4-11(5-7-13)12-8-15-10-16-9-12;4*6-4(7,8)2(12)1-3(13)5(9,10)11;;/h11-13,15,18H,4-10H2,1-3H3;8-9,11,13,18H,4-7,10H2,1-3H3;4*2-3,12-13H,1H2;;/q2*-1;;;;;2*+1. The van der Waals surface area contributed by atoms with Crippen molar-refractivity contribution in [2.45, 2.75) is 240 Å². The molecule has 0 spiro atoms. The molecular weight excluding hydrogens is 1400 g/mol. The van der Waals surface area contributed by atoms with Crippen LogP contribution in [0, 0.1) is 17.8 Å². The molecule has 1 saturated heterocycles. The Morgan fingerprint density at radius 1 is 0.433 bits per heavy atom. The predicted octanol–water partition coefficient (Wildman–Crippen LogP) is 10.8. The van der Waals surface area contributed by atoms with Gasteiger partial charge in [-0.15, -0.1) is 6.54 Å². The zero-order valence-corrected chi connectivity index (χ0v) is 50.2. The number of nitrogens with zero attached hydrogens (tertiary/aromatic N) is 5. The van der Waals surface area contributed by atoms with Crippen LogP contribution < -0.4 is 5.32 Å². The topological polar surface area (TPSA) is 261 Å². The van der Waals surface area contributed by atoms with Gasteiger partial charge in [0.2, 0.25) is 0 Å². The van der Waals surface area contributed by atoms with Crippen LogP contribution in [0.2, 0.25) is 0 Å². The monoisotopic (exact) mass is 1480 g/mol. The summed E-state index contributed by atoms with van der Waals surface area (Å²) in [4.78, 5) is 4.21. The van der Waals surface area contributed by atoms with Crippen molar-refractivity contribution in [1.29, 1.82) is 0 Å². The van der Waals surface area contributed by atoms with Gasteiger partial charge in [-0.3, -0.25) is 0 Å². The van der Waals surface area contributed by atoms with Gasteiger partial charge in [0.05, 0.1) is 0 Å². The Labute approximate surface area is 522 Å². The molecular formula is C48H76Cu2F24N6O10. The summed E-state index contributed by atoms with van der Waals surface area (Å²) in [6, 6.07) is 0.633. The normalized spacial score (nSPS) is 23.4. The van der Waals surface area contributed by atoms with Gasteiger partial charge in [0.1, 0.15) is 0 Å². The molecule has 3 fully saturated rings. The summed E-state index contributed by atoms with van der Waals surface area (Å²) in [6.45, 7) is 15.9. The van der Waals surface area contributed by atoms with Gasteiger partial charge in [0.25, 0.3) is 0 Å². The molecule has 2 aliphatic carbocycles. The number of nitrogens with one attached hydrogen (secondary N) is 1. The molecule has 0 aromatic rings. The molecule has 9 unspecified atom stereocenters. The molecule has 2 heterocycles. The molecule has 4 aliphatic rings. The zero-order chi connectivity index (χ0) is 69.8. The van der Waals surface area contributed by atoms with Crippen molar-refractivity contribution in [1.82, 2.24) is 15.4 Å². The van der Waals surface area contributed by atoms with E-state index in [1.165, 1.54) is 23.5 Å². The average Bonchev–Trinajstić information content (AvgIpc) is 3.37. The van der Waals surface area contributed by atoms with E-state index in [2.05, 4.69) is 41.7 Å². The first-order valence-electron chi connectivity index (χ1n) is 26.3. The number of hydroxylamine groups is 4. The van der Waals surface area contributed by atoms with Gasteiger partial charge in [-0.05, 0) is 129 Å². The summed E-state index contributed by atoms with van der Waals surface area (Å²) in [5.41, 5.74) is 0.956. The molecule has 2 saturated carbocycles. The van der Waals surface area contributed by atoms with Crippen LogP contribution in [0.25, 0.3) is 10.6 Å². The molecule has 0 aromatic heterocycles. The summed E-state index contributed by atoms with van der Waals surface area (Å²) < 4.78 is 275. The van der Waals surface area contributed by atoms with Gasteiger partial charge >= 0.3 is 83.5 Å². The summed E-state index contributed by atoms with van der Waals surface area (Å²) in [7, 11) is 0. The van der Waals surface area contributed by atoms with Gasteiger partial charge in [-0.1, -0.05) is 6.67 Å². The largest absolute Gasteiger partial charge is 1.00 e. The van der Waals surface area contributed by atoms with Crippen molar-refractivity contribution in [3.63, 3.8) is 0 Å². The molecule has 9 atom stereocenters. The minimum atomic E-state index is -5.15. The zero-order valence-electron chi connectivity index (χ0n) is 48.4. The third-order valence-corrected chi connectivity index (χ3v) is 13.1. The first kappa shape index (κ1) is 94.4. The van der Waals surface area contributed by atoms with E-state index in [0.29, 0.717) is 24.7 Å². The molecule has 16 nitrogen and oxygen atoms in total. The number of hydrogen-bond acceptors (Lipinski definition) is 14. The van der Waals surface area contributed by atoms with E-state index < -0.39 is 124 Å². The van der Waals surface area contributed by atoms with Crippen molar-refractivity contribution in [3.8, 4) is 0 Å². The van der Waals surface area contributed by atoms with Gasteiger partial charge in [-0.2, -0.15) is 122 Å². The number of aliphatic hydroxyl groups is 8. The van der Waals surface area contributed by atoms with Crippen LogP contribution in [0.15, 0.2) is 16.8 Å². The van der Waals surface area contributed by atoms with E-state index in [9.17, 15) is 116 Å². The molecule has 548 valence electrons. The maximum atomic E-state index is 11.5. The number of halogens is 24. The Bertz CT molecular complexity index is 1750. The Kier molecular flexibility index (Phi) is 41.2. The predicted molar refractivity (Wildman–Crippen MR) is 263 cm³/mol. The molecule has 11 N–H and O–H groups in total. The van der Waals surface area contributed by atoms with Crippen LogP contribution in [-0.2, 0) is 34.1 Å². The smallest absolute Gasteiger partial charge is 0.672 e. The average molecular weight is 1480 g/mol. The quantitative estimate of drug-likeness (QED) is 0.0494. The Morgan fingerprint density at radius 2 is 0.689 bits per heavy atom. The van der Waals surface area contributed by atoms with Crippen LogP contribution >= 0.6 is 0 Å². The number of rotatable bonds is 12. The van der Waals surface area contributed by atoms with Gasteiger partial charge < -0.3 is 72.2 Å². The minimum Gasteiger partial charge on any atom is -0.672 e. The number of alkyl halides is 24. The molecule has 42 heteroatoms. The van der Waals surface area contributed by atoms with Crippen molar-refractivity contribution < 1.29 is 191 Å². The maximum absolute atomic E-state index is 11.5. The van der Waals surface area contributed by atoms with Crippen LogP contribution in [0.1, 0.15) is 119 Å². The molecule has 0 aromatic carbocycles. The summed E-state index contributed by atoms with van der Waals surface area (Å²) >= 11 is 0. The molecule has 4 rings (SSSR count). The third kappa shape index (κ3) is 39.1. The number of aliphatic hydroxyl groups excluding tert-OH is 8. The Morgan fingerprint density at radius 3 is 0.889 bits per heavy atom. The van der Waals surface area contributed by atoms with Crippen molar-refractivity contribution >= 4 is 6.21 Å². The Hall–Kier alpha value is -1.99. The second-order valence-corrected chi connectivity index (χ2v) is 22.6. The Balaban J connectivity index is -0.000000495. The third-order valence-electron chi connectivity index (χ3n) is 13.1. The SMILES string of the molecule is CC(C)(C)N(O)C1CCC(C2=C[N-]CN=C2)CC1.CC(C)(C)N(O)C1CCC(C2C[N-]CNC2)CC1.OC(CC(O)C(F)(F)F)C(F)(F)F.OC(CC(O)C(F)(F)F)C(F)(F)F.OC(CC(O)C(F)(F)F)C(F)(F)F.OC(CC(O)C(F)(F)F)C(F)(F)F.[Cu+].[Cu+]. The summed E-state index contributed by atoms with van der Waals surface area (Å²) in [5.74, 6) is 2.09. The van der Waals surface area contributed by atoms with Crippen LogP contribution in [0.4, 0.5) is 105 Å². The minimum absolute atomic E-state index is 0.